The first-order valence-corrected chi connectivity index (χ1v) is 6.57. The molecular formula is C13H26N2O2. The van der Waals surface area contributed by atoms with E-state index in [0.717, 1.165) is 26.1 Å². The number of hydrogen-bond acceptors (Lipinski definition) is 4. The van der Waals surface area contributed by atoms with E-state index in [9.17, 15) is 0 Å². The van der Waals surface area contributed by atoms with Crippen molar-refractivity contribution in [1.29, 1.82) is 0 Å². The van der Waals surface area contributed by atoms with Gasteiger partial charge in [0, 0.05) is 43.7 Å². The van der Waals surface area contributed by atoms with E-state index in [1.165, 1.54) is 0 Å². The summed E-state index contributed by atoms with van der Waals surface area (Å²) >= 11 is 0. The van der Waals surface area contributed by atoms with Crippen molar-refractivity contribution in [3.8, 4) is 0 Å². The first-order chi connectivity index (χ1) is 7.93. The Hall–Kier alpha value is -0.160. The zero-order valence-electron chi connectivity index (χ0n) is 11.5. The number of nitrogens with two attached hydrogens (primary N) is 1. The van der Waals surface area contributed by atoms with Gasteiger partial charge in [-0.1, -0.05) is 13.8 Å². The Labute approximate surface area is 104 Å². The lowest BCUT2D eigenvalue weighted by atomic mass is 9.48. The fourth-order valence-corrected chi connectivity index (χ4v) is 3.40. The van der Waals surface area contributed by atoms with E-state index in [0.29, 0.717) is 12.0 Å². The van der Waals surface area contributed by atoms with E-state index in [2.05, 4.69) is 26.1 Å². The van der Waals surface area contributed by atoms with E-state index in [-0.39, 0.29) is 17.1 Å². The molecule has 17 heavy (non-hydrogen) atoms. The van der Waals surface area contributed by atoms with Gasteiger partial charge < -0.3 is 20.5 Å². The third-order valence-electron chi connectivity index (χ3n) is 4.92. The molecular weight excluding hydrogens is 216 g/mol. The minimum atomic E-state index is -0.137. The van der Waals surface area contributed by atoms with E-state index in [1.54, 1.807) is 7.11 Å². The first kappa shape index (κ1) is 13.3. The molecule has 0 spiro atoms. The number of ether oxygens (including phenoxy) is 2. The molecule has 2 rings (SSSR count). The zero-order valence-corrected chi connectivity index (χ0v) is 11.5. The van der Waals surface area contributed by atoms with E-state index >= 15 is 0 Å². The van der Waals surface area contributed by atoms with Crippen LogP contribution in [-0.2, 0) is 9.47 Å². The minimum Gasteiger partial charge on any atom is -0.380 e. The SMILES string of the molecule is COC(C)CNCC1(N)C2CCOC2C1(C)C. The molecule has 1 aliphatic heterocycles. The summed E-state index contributed by atoms with van der Waals surface area (Å²) in [5, 5.41) is 3.44. The number of methoxy groups -OCH3 is 1. The summed E-state index contributed by atoms with van der Waals surface area (Å²) in [4.78, 5) is 0. The summed E-state index contributed by atoms with van der Waals surface area (Å²) < 4.78 is 11.0. The Morgan fingerprint density at radius 3 is 2.88 bits per heavy atom. The van der Waals surface area contributed by atoms with Gasteiger partial charge in [0.15, 0.2) is 0 Å². The van der Waals surface area contributed by atoms with Gasteiger partial charge in [0.05, 0.1) is 12.2 Å². The molecule has 100 valence electrons. The number of fused-ring (bicyclic) bond motifs is 1. The second kappa shape index (κ2) is 4.50. The van der Waals surface area contributed by atoms with Crippen molar-refractivity contribution < 1.29 is 9.47 Å². The van der Waals surface area contributed by atoms with Crippen LogP contribution in [0.3, 0.4) is 0 Å². The van der Waals surface area contributed by atoms with Crippen molar-refractivity contribution in [3.05, 3.63) is 0 Å². The van der Waals surface area contributed by atoms with Gasteiger partial charge in [-0.15, -0.1) is 0 Å². The third kappa shape index (κ3) is 1.91. The van der Waals surface area contributed by atoms with Gasteiger partial charge in [-0.3, -0.25) is 0 Å². The van der Waals surface area contributed by atoms with Crippen LogP contribution >= 0.6 is 0 Å². The summed E-state index contributed by atoms with van der Waals surface area (Å²) in [6, 6.07) is 0. The van der Waals surface area contributed by atoms with Crippen molar-refractivity contribution >= 4 is 0 Å². The molecule has 0 amide bonds. The first-order valence-electron chi connectivity index (χ1n) is 6.57. The molecule has 0 aromatic heterocycles. The number of nitrogens with one attached hydrogen (secondary N) is 1. The van der Waals surface area contributed by atoms with Crippen LogP contribution in [0.1, 0.15) is 27.2 Å². The Bertz CT molecular complexity index is 283. The average molecular weight is 242 g/mol. The molecule has 1 saturated carbocycles. The van der Waals surface area contributed by atoms with Crippen LogP contribution in [0.4, 0.5) is 0 Å². The molecule has 0 radical (unpaired) electrons. The van der Waals surface area contributed by atoms with Gasteiger partial charge >= 0.3 is 0 Å². The smallest absolute Gasteiger partial charge is 0.0691 e. The molecule has 4 atom stereocenters. The Morgan fingerprint density at radius 1 is 1.53 bits per heavy atom. The van der Waals surface area contributed by atoms with Gasteiger partial charge in [0.25, 0.3) is 0 Å². The molecule has 0 aromatic rings. The van der Waals surface area contributed by atoms with Gasteiger partial charge in [0.2, 0.25) is 0 Å². The van der Waals surface area contributed by atoms with Gasteiger partial charge in [-0.05, 0) is 13.3 Å². The van der Waals surface area contributed by atoms with E-state index in [1.807, 2.05) is 0 Å². The maximum Gasteiger partial charge on any atom is 0.0691 e. The standard InChI is InChI=1S/C13H26N2O2/c1-9(16-4)7-15-8-13(14)10-5-6-17-11(10)12(13,2)3/h9-11,15H,5-8,14H2,1-4H3. The van der Waals surface area contributed by atoms with Crippen molar-refractivity contribution in [1.82, 2.24) is 5.32 Å². The topological polar surface area (TPSA) is 56.5 Å². The monoisotopic (exact) mass is 242 g/mol. The van der Waals surface area contributed by atoms with Crippen molar-refractivity contribution in [2.45, 2.75) is 44.9 Å². The summed E-state index contributed by atoms with van der Waals surface area (Å²) in [7, 11) is 1.73. The molecule has 0 bridgehead atoms. The van der Waals surface area contributed by atoms with Crippen LogP contribution in [0.2, 0.25) is 0 Å². The molecule has 0 aromatic carbocycles. The average Bonchev–Trinajstić information content (AvgIpc) is 2.76. The number of rotatable bonds is 5. The van der Waals surface area contributed by atoms with Crippen molar-refractivity contribution in [2.75, 3.05) is 26.8 Å². The highest BCUT2D eigenvalue weighted by Gasteiger charge is 2.67. The highest BCUT2D eigenvalue weighted by Crippen LogP contribution is 2.57. The Balaban J connectivity index is 1.90. The molecule has 4 unspecified atom stereocenters. The van der Waals surface area contributed by atoms with Crippen LogP contribution in [0.5, 0.6) is 0 Å². The van der Waals surface area contributed by atoms with E-state index in [4.69, 9.17) is 15.2 Å². The second-order valence-corrected chi connectivity index (χ2v) is 6.13. The molecule has 2 aliphatic rings. The summed E-state index contributed by atoms with van der Waals surface area (Å²) in [5.41, 5.74) is 6.54. The lowest BCUT2D eigenvalue weighted by Crippen LogP contribution is -2.78. The van der Waals surface area contributed by atoms with Gasteiger partial charge in [-0.25, -0.2) is 0 Å². The molecule has 1 saturated heterocycles. The molecule has 4 nitrogen and oxygen atoms in total. The fraction of sp³-hybridized carbons (Fsp3) is 1.00. The summed E-state index contributed by atoms with van der Waals surface area (Å²) in [6.07, 6.45) is 1.69. The molecule has 3 N–H and O–H groups in total. The zero-order chi connectivity index (χ0) is 12.7. The third-order valence-corrected chi connectivity index (χ3v) is 4.92. The summed E-state index contributed by atoms with van der Waals surface area (Å²) in [5.74, 6) is 0.517. The highest BCUT2D eigenvalue weighted by atomic mass is 16.5. The Morgan fingerprint density at radius 2 is 2.24 bits per heavy atom. The predicted octanol–water partition coefficient (Wildman–Crippen LogP) is 0.753. The lowest BCUT2D eigenvalue weighted by Gasteiger charge is -2.62. The van der Waals surface area contributed by atoms with Crippen LogP contribution in [0, 0.1) is 11.3 Å². The number of hydrogen-bond donors (Lipinski definition) is 2. The van der Waals surface area contributed by atoms with E-state index < -0.39 is 0 Å². The van der Waals surface area contributed by atoms with Gasteiger partial charge in [-0.2, -0.15) is 0 Å². The van der Waals surface area contributed by atoms with Crippen molar-refractivity contribution in [3.63, 3.8) is 0 Å². The highest BCUT2D eigenvalue weighted by molar-refractivity contribution is 5.21. The molecule has 2 fully saturated rings. The van der Waals surface area contributed by atoms with Gasteiger partial charge in [0.1, 0.15) is 0 Å². The fourth-order valence-electron chi connectivity index (χ4n) is 3.40. The second-order valence-electron chi connectivity index (χ2n) is 6.13. The Kier molecular flexibility index (Phi) is 3.51. The van der Waals surface area contributed by atoms with Crippen LogP contribution < -0.4 is 11.1 Å². The van der Waals surface area contributed by atoms with Crippen LogP contribution in [-0.4, -0.2) is 44.6 Å². The molecule has 1 aliphatic carbocycles. The molecule has 1 heterocycles. The maximum atomic E-state index is 6.61. The lowest BCUT2D eigenvalue weighted by molar-refractivity contribution is -0.153. The van der Waals surface area contributed by atoms with Crippen LogP contribution in [0.15, 0.2) is 0 Å². The predicted molar refractivity (Wildman–Crippen MR) is 67.9 cm³/mol. The minimum absolute atomic E-state index is 0.0669. The van der Waals surface area contributed by atoms with Crippen molar-refractivity contribution in [2.24, 2.45) is 17.1 Å². The normalized spacial score (nSPS) is 40.8. The molecule has 4 heteroatoms. The largest absolute Gasteiger partial charge is 0.380 e. The quantitative estimate of drug-likeness (QED) is 0.747. The summed E-state index contributed by atoms with van der Waals surface area (Å²) in [6.45, 7) is 9.07. The van der Waals surface area contributed by atoms with Crippen LogP contribution in [0.25, 0.3) is 0 Å². The maximum absolute atomic E-state index is 6.61.